The van der Waals surface area contributed by atoms with Crippen LogP contribution in [0.15, 0.2) is 22.7 Å². The van der Waals surface area contributed by atoms with Crippen molar-refractivity contribution in [3.63, 3.8) is 0 Å². The molecule has 0 amide bonds. The molecule has 0 unspecified atom stereocenters. The number of aryl methyl sites for hydroxylation is 1. The maximum absolute atomic E-state index is 10.4. The van der Waals surface area contributed by atoms with Crippen LogP contribution in [0.1, 0.15) is 17.5 Å². The number of nitrogens with zero attached hydrogens (tertiary/aromatic N) is 1. The Labute approximate surface area is 104 Å². The van der Waals surface area contributed by atoms with Crippen LogP contribution in [-0.2, 0) is 11.3 Å². The van der Waals surface area contributed by atoms with Gasteiger partial charge in [0.25, 0.3) is 0 Å². The molecule has 1 rings (SSSR count). The fourth-order valence-electron chi connectivity index (χ4n) is 1.47. The predicted octanol–water partition coefficient (Wildman–Crippen LogP) is 2.66. The highest BCUT2D eigenvalue weighted by atomic mass is 79.9. The van der Waals surface area contributed by atoms with Crippen molar-refractivity contribution in [3.05, 3.63) is 33.8 Å². The normalized spacial score (nSPS) is 10.8. The first kappa shape index (κ1) is 13.2. The quantitative estimate of drug-likeness (QED) is 0.904. The van der Waals surface area contributed by atoms with Crippen LogP contribution in [0.3, 0.4) is 0 Å². The van der Waals surface area contributed by atoms with Crippen molar-refractivity contribution in [2.24, 2.45) is 0 Å². The summed E-state index contributed by atoms with van der Waals surface area (Å²) < 4.78 is 1.06. The fourth-order valence-corrected chi connectivity index (χ4v) is 1.88. The van der Waals surface area contributed by atoms with Crippen LogP contribution in [0.4, 0.5) is 0 Å². The monoisotopic (exact) mass is 285 g/mol. The minimum atomic E-state index is -0.752. The van der Waals surface area contributed by atoms with Crippen molar-refractivity contribution in [2.75, 3.05) is 13.6 Å². The predicted molar refractivity (Wildman–Crippen MR) is 67.5 cm³/mol. The number of hydrogen-bond donors (Lipinski definition) is 1. The molecule has 0 bridgehead atoms. The molecule has 3 nitrogen and oxygen atoms in total. The first-order valence-corrected chi connectivity index (χ1v) is 5.93. The Morgan fingerprint density at radius 3 is 2.81 bits per heavy atom. The highest BCUT2D eigenvalue weighted by Gasteiger charge is 2.05. The van der Waals surface area contributed by atoms with Gasteiger partial charge in [-0.3, -0.25) is 4.79 Å². The van der Waals surface area contributed by atoms with Gasteiger partial charge in [0.2, 0.25) is 0 Å². The molecule has 1 aromatic carbocycles. The average Bonchev–Trinajstić information content (AvgIpc) is 2.20. The van der Waals surface area contributed by atoms with E-state index in [0.717, 1.165) is 11.0 Å². The molecule has 1 N–H and O–H groups in total. The topological polar surface area (TPSA) is 40.5 Å². The largest absolute Gasteiger partial charge is 0.481 e. The van der Waals surface area contributed by atoms with E-state index in [2.05, 4.69) is 35.0 Å². The lowest BCUT2D eigenvalue weighted by Gasteiger charge is -2.17. The minimum Gasteiger partial charge on any atom is -0.481 e. The van der Waals surface area contributed by atoms with E-state index in [1.54, 1.807) is 0 Å². The Hall–Kier alpha value is -0.870. The molecule has 0 aromatic heterocycles. The minimum absolute atomic E-state index is 0.184. The Morgan fingerprint density at radius 1 is 1.50 bits per heavy atom. The standard InChI is InChI=1S/C12H16BrNO2/c1-9-3-4-11(13)7-10(9)8-14(2)6-5-12(15)16/h3-4,7H,5-6,8H2,1-2H3,(H,15,16). The van der Waals surface area contributed by atoms with E-state index in [9.17, 15) is 4.79 Å². The van der Waals surface area contributed by atoms with Crippen LogP contribution in [0, 0.1) is 6.92 Å². The summed E-state index contributed by atoms with van der Waals surface area (Å²) >= 11 is 3.44. The molecule has 0 saturated carbocycles. The van der Waals surface area contributed by atoms with Gasteiger partial charge in [-0.05, 0) is 37.2 Å². The summed E-state index contributed by atoms with van der Waals surface area (Å²) in [7, 11) is 1.93. The van der Waals surface area contributed by atoms with E-state index < -0.39 is 5.97 Å². The lowest BCUT2D eigenvalue weighted by Crippen LogP contribution is -2.21. The average molecular weight is 286 g/mol. The number of aliphatic carboxylic acids is 1. The summed E-state index contributed by atoms with van der Waals surface area (Å²) in [4.78, 5) is 12.5. The second kappa shape index (κ2) is 6.01. The van der Waals surface area contributed by atoms with Gasteiger partial charge in [-0.25, -0.2) is 0 Å². The molecule has 1 aromatic rings. The number of carboxylic acid groups (broad SMARTS) is 1. The first-order chi connectivity index (χ1) is 7.49. The lowest BCUT2D eigenvalue weighted by molar-refractivity contribution is -0.137. The summed E-state index contributed by atoms with van der Waals surface area (Å²) in [5.74, 6) is -0.752. The van der Waals surface area contributed by atoms with E-state index >= 15 is 0 Å². The summed E-state index contributed by atoms with van der Waals surface area (Å²) in [6, 6.07) is 6.15. The van der Waals surface area contributed by atoms with Crippen molar-refractivity contribution in [3.8, 4) is 0 Å². The third-order valence-electron chi connectivity index (χ3n) is 2.46. The maximum atomic E-state index is 10.4. The zero-order chi connectivity index (χ0) is 12.1. The SMILES string of the molecule is Cc1ccc(Br)cc1CN(C)CCC(=O)O. The van der Waals surface area contributed by atoms with Crippen LogP contribution >= 0.6 is 15.9 Å². The van der Waals surface area contributed by atoms with Gasteiger partial charge < -0.3 is 10.0 Å². The molecule has 0 saturated heterocycles. The molecule has 0 heterocycles. The number of halogens is 1. The Kier molecular flexibility index (Phi) is 4.96. The van der Waals surface area contributed by atoms with Crippen molar-refractivity contribution < 1.29 is 9.90 Å². The second-order valence-electron chi connectivity index (χ2n) is 3.95. The van der Waals surface area contributed by atoms with Gasteiger partial charge in [0.05, 0.1) is 6.42 Å². The number of carboxylic acids is 1. The number of carbonyl (C=O) groups is 1. The molecule has 0 radical (unpaired) electrons. The van der Waals surface area contributed by atoms with Crippen LogP contribution in [0.5, 0.6) is 0 Å². The van der Waals surface area contributed by atoms with E-state index in [1.165, 1.54) is 11.1 Å². The highest BCUT2D eigenvalue weighted by Crippen LogP contribution is 2.17. The number of hydrogen-bond acceptors (Lipinski definition) is 2. The Bertz CT molecular complexity index is 379. The molecular formula is C12H16BrNO2. The second-order valence-corrected chi connectivity index (χ2v) is 4.87. The Morgan fingerprint density at radius 2 is 2.19 bits per heavy atom. The van der Waals surface area contributed by atoms with Gasteiger partial charge in [0.1, 0.15) is 0 Å². The highest BCUT2D eigenvalue weighted by molar-refractivity contribution is 9.10. The molecule has 0 aliphatic rings. The van der Waals surface area contributed by atoms with Crippen LogP contribution < -0.4 is 0 Å². The smallest absolute Gasteiger partial charge is 0.304 e. The van der Waals surface area contributed by atoms with E-state index in [4.69, 9.17) is 5.11 Å². The van der Waals surface area contributed by atoms with Gasteiger partial charge in [0.15, 0.2) is 0 Å². The molecule has 16 heavy (non-hydrogen) atoms. The summed E-state index contributed by atoms with van der Waals surface area (Å²) in [6.07, 6.45) is 0.184. The van der Waals surface area contributed by atoms with Crippen molar-refractivity contribution in [1.82, 2.24) is 4.90 Å². The van der Waals surface area contributed by atoms with Gasteiger partial charge >= 0.3 is 5.97 Å². The molecule has 4 heteroatoms. The molecule has 0 fully saturated rings. The van der Waals surface area contributed by atoms with Crippen molar-refractivity contribution in [1.29, 1.82) is 0 Å². The van der Waals surface area contributed by atoms with Gasteiger partial charge in [-0.2, -0.15) is 0 Å². The van der Waals surface area contributed by atoms with Crippen LogP contribution in [0.2, 0.25) is 0 Å². The van der Waals surface area contributed by atoms with Crippen LogP contribution in [0.25, 0.3) is 0 Å². The van der Waals surface area contributed by atoms with Gasteiger partial charge in [0, 0.05) is 17.6 Å². The molecule has 0 aliphatic carbocycles. The number of benzene rings is 1. The molecular weight excluding hydrogens is 270 g/mol. The van der Waals surface area contributed by atoms with Crippen molar-refractivity contribution >= 4 is 21.9 Å². The molecule has 0 aliphatic heterocycles. The maximum Gasteiger partial charge on any atom is 0.304 e. The lowest BCUT2D eigenvalue weighted by atomic mass is 10.1. The van der Waals surface area contributed by atoms with E-state index in [0.29, 0.717) is 6.54 Å². The number of rotatable bonds is 5. The molecule has 0 atom stereocenters. The van der Waals surface area contributed by atoms with E-state index in [1.807, 2.05) is 18.0 Å². The zero-order valence-electron chi connectivity index (χ0n) is 9.53. The van der Waals surface area contributed by atoms with Crippen LogP contribution in [-0.4, -0.2) is 29.6 Å². The fraction of sp³-hybridized carbons (Fsp3) is 0.417. The summed E-state index contributed by atoms with van der Waals surface area (Å²) in [6.45, 7) is 3.41. The molecule has 88 valence electrons. The summed E-state index contributed by atoms with van der Waals surface area (Å²) in [5, 5.41) is 8.59. The Balaban J connectivity index is 2.58. The third-order valence-corrected chi connectivity index (χ3v) is 2.95. The van der Waals surface area contributed by atoms with Crippen molar-refractivity contribution in [2.45, 2.75) is 19.9 Å². The molecule has 0 spiro atoms. The first-order valence-electron chi connectivity index (χ1n) is 5.14. The van der Waals surface area contributed by atoms with Gasteiger partial charge in [-0.15, -0.1) is 0 Å². The third kappa shape index (κ3) is 4.33. The van der Waals surface area contributed by atoms with E-state index in [-0.39, 0.29) is 6.42 Å². The van der Waals surface area contributed by atoms with Gasteiger partial charge in [-0.1, -0.05) is 22.0 Å². The summed E-state index contributed by atoms with van der Waals surface area (Å²) in [5.41, 5.74) is 2.45. The zero-order valence-corrected chi connectivity index (χ0v) is 11.1.